The van der Waals surface area contributed by atoms with Crippen LogP contribution in [0.4, 0.5) is 11.4 Å². The first-order valence-electron chi connectivity index (χ1n) is 17.6. The second kappa shape index (κ2) is 16.3. The van der Waals surface area contributed by atoms with Crippen LogP contribution in [0.3, 0.4) is 0 Å². The van der Waals surface area contributed by atoms with Crippen LogP contribution in [0.15, 0.2) is 51.1 Å². The molecule has 0 radical (unpaired) electrons. The second-order valence-corrected chi connectivity index (χ2v) is 15.2. The second-order valence-electron chi connectivity index (χ2n) is 13.2. The number of aromatic amines is 2. The molecule has 6 aromatic rings. The number of aryl methyl sites for hydroxylation is 2. The minimum atomic E-state index is -0.558. The van der Waals surface area contributed by atoms with Gasteiger partial charge >= 0.3 is 0 Å². The van der Waals surface area contributed by atoms with Crippen LogP contribution in [0.1, 0.15) is 71.9 Å². The third-order valence-corrected chi connectivity index (χ3v) is 11.7. The lowest BCUT2D eigenvalue weighted by molar-refractivity contribution is -0.119. The van der Waals surface area contributed by atoms with Crippen molar-refractivity contribution in [1.29, 1.82) is 0 Å². The number of nitrogens with zero attached hydrogens (tertiary/aromatic N) is 3. The molecule has 21 heteroatoms. The Bertz CT molecular complexity index is 2910. The normalized spacial score (nSPS) is 13.2. The van der Waals surface area contributed by atoms with E-state index in [9.17, 15) is 33.6 Å². The Labute approximate surface area is 339 Å². The predicted octanol–water partition coefficient (Wildman–Crippen LogP) is 3.51. The predicted molar refractivity (Wildman–Crippen MR) is 217 cm³/mol. The van der Waals surface area contributed by atoms with Crippen LogP contribution in [0.5, 0.6) is 11.5 Å². The number of nitrogens with one attached hydrogen (secondary N) is 6. The first kappa shape index (κ1) is 40.0. The van der Waals surface area contributed by atoms with Crippen molar-refractivity contribution in [3.8, 4) is 11.5 Å². The molecule has 0 fully saturated rings. The van der Waals surface area contributed by atoms with Gasteiger partial charge in [0.15, 0.2) is 19.0 Å². The summed E-state index contributed by atoms with van der Waals surface area (Å²) in [7, 11) is 0. The van der Waals surface area contributed by atoms with Gasteiger partial charge in [-0.15, -0.1) is 22.7 Å². The number of anilines is 2. The van der Waals surface area contributed by atoms with Crippen LogP contribution in [0, 0.1) is 13.8 Å². The molecule has 0 unspecified atom stereocenters. The smallest absolute Gasteiger partial charge is 0.287 e. The van der Waals surface area contributed by atoms with Gasteiger partial charge in [-0.2, -0.15) is 0 Å². The Kier molecular flexibility index (Phi) is 11.0. The lowest BCUT2D eigenvalue weighted by Gasteiger charge is -2.18. The number of amides is 4. The standard InChI is InChI=1S/C19H17N5O5S.C19H16N4O5S/c1-8-14-17(26)22-16(23-19(14)30-15(8)9(2)24-28)18(27)20-6-10-3-4-12-11(5-10)21-13(25)7-29-12;1-8-14-17(26)22-16(23-19(14)29-15(8)9(2)24)18(27)20-6-10-3-4-12-11(5-10)21-13(25)7-28-12/h3-5,28H,6-7H2,1-2H3,(H,20,27)(H,21,25)(H,22,23,26);3-5H,6-7H2,1-2H3,(H,20,27)(H,21,25)(H,22,23,26). The third kappa shape index (κ3) is 8.27. The number of oxime groups is 1. The summed E-state index contributed by atoms with van der Waals surface area (Å²) < 4.78 is 10.6. The minimum absolute atomic E-state index is 0.0296. The fourth-order valence-corrected chi connectivity index (χ4v) is 8.44. The van der Waals surface area contributed by atoms with Crippen molar-refractivity contribution in [2.75, 3.05) is 23.8 Å². The van der Waals surface area contributed by atoms with Gasteiger partial charge in [-0.3, -0.25) is 33.6 Å². The first-order valence-corrected chi connectivity index (χ1v) is 19.3. The van der Waals surface area contributed by atoms with E-state index < -0.39 is 22.9 Å². The molecule has 4 amide bonds. The Hall–Kier alpha value is -7.26. The Balaban J connectivity index is 0.000000179. The first-order chi connectivity index (χ1) is 28.2. The number of carbonyl (C=O) groups is 5. The monoisotopic (exact) mass is 839 g/mol. The Morgan fingerprint density at radius 1 is 0.729 bits per heavy atom. The van der Waals surface area contributed by atoms with E-state index in [-0.39, 0.29) is 55.5 Å². The molecule has 302 valence electrons. The number of fused-ring (bicyclic) bond motifs is 4. The third-order valence-electron chi connectivity index (χ3n) is 9.09. The SMILES string of the molecule is CC(=NO)c1sc2nc(C(=O)NCc3ccc4c(c3)NC(=O)CO4)[nH]c(=O)c2c1C.CC(=O)c1sc2nc(C(=O)NCc3ccc4c(c3)NC(=O)CO4)[nH]c(=O)c2c1C. The molecule has 2 aliphatic rings. The Morgan fingerprint density at radius 3 is 1.61 bits per heavy atom. The number of thiophene rings is 2. The van der Waals surface area contributed by atoms with E-state index in [2.05, 4.69) is 46.4 Å². The van der Waals surface area contributed by atoms with E-state index in [0.717, 1.165) is 22.5 Å². The molecule has 8 rings (SSSR count). The van der Waals surface area contributed by atoms with Crippen molar-refractivity contribution in [2.24, 2.45) is 5.16 Å². The van der Waals surface area contributed by atoms with Crippen molar-refractivity contribution in [1.82, 2.24) is 30.6 Å². The highest BCUT2D eigenvalue weighted by molar-refractivity contribution is 7.21. The largest absolute Gasteiger partial charge is 0.482 e. The minimum Gasteiger partial charge on any atom is -0.482 e. The molecule has 0 saturated carbocycles. The molecule has 6 heterocycles. The van der Waals surface area contributed by atoms with Crippen LogP contribution in [-0.4, -0.2) is 73.5 Å². The number of hydrogen-bond acceptors (Lipinski definition) is 15. The number of ether oxygens (including phenoxy) is 2. The summed E-state index contributed by atoms with van der Waals surface area (Å²) >= 11 is 2.27. The molecule has 19 nitrogen and oxygen atoms in total. The highest BCUT2D eigenvalue weighted by atomic mass is 32.1. The van der Waals surface area contributed by atoms with E-state index >= 15 is 0 Å². The maximum absolute atomic E-state index is 12.5. The lowest BCUT2D eigenvalue weighted by Crippen LogP contribution is -2.28. The summed E-state index contributed by atoms with van der Waals surface area (Å²) in [5, 5.41) is 23.7. The van der Waals surface area contributed by atoms with E-state index in [1.165, 1.54) is 18.3 Å². The van der Waals surface area contributed by atoms with Gasteiger partial charge < -0.3 is 45.9 Å². The topological polar surface area (TPSA) is 276 Å². The van der Waals surface area contributed by atoms with Gasteiger partial charge in [-0.05, 0) is 74.2 Å². The molecule has 2 aromatic carbocycles. The van der Waals surface area contributed by atoms with Crippen molar-refractivity contribution in [3.63, 3.8) is 0 Å². The van der Waals surface area contributed by atoms with Gasteiger partial charge in [-0.25, -0.2) is 9.97 Å². The van der Waals surface area contributed by atoms with Crippen molar-refractivity contribution in [3.05, 3.63) is 101 Å². The molecular weight excluding hydrogens is 807 g/mol. The average molecular weight is 840 g/mol. The number of H-pyrrole nitrogens is 2. The summed E-state index contributed by atoms with van der Waals surface area (Å²) in [5.41, 5.74) is 3.21. The molecule has 0 saturated heterocycles. The number of aromatic nitrogens is 4. The van der Waals surface area contributed by atoms with Crippen molar-refractivity contribution >= 4 is 89.6 Å². The van der Waals surface area contributed by atoms with Gasteiger partial charge in [-0.1, -0.05) is 17.3 Å². The molecule has 2 aliphatic heterocycles. The highest BCUT2D eigenvalue weighted by Crippen LogP contribution is 2.31. The number of hydrogen-bond donors (Lipinski definition) is 7. The summed E-state index contributed by atoms with van der Waals surface area (Å²) in [6.07, 6.45) is 0. The van der Waals surface area contributed by atoms with Gasteiger partial charge in [0.25, 0.3) is 34.7 Å². The van der Waals surface area contributed by atoms with Crippen LogP contribution in [-0.2, 0) is 22.7 Å². The molecule has 0 bridgehead atoms. The van der Waals surface area contributed by atoms with Crippen LogP contribution in [0.25, 0.3) is 20.4 Å². The summed E-state index contributed by atoms with van der Waals surface area (Å²) in [6, 6.07) is 10.4. The lowest BCUT2D eigenvalue weighted by atomic mass is 10.1. The zero-order chi connectivity index (χ0) is 42.1. The molecule has 7 N–H and O–H groups in total. The summed E-state index contributed by atoms with van der Waals surface area (Å²) in [5.74, 6) is -0.876. The summed E-state index contributed by atoms with van der Waals surface area (Å²) in [6.45, 7) is 6.72. The number of carbonyl (C=O) groups excluding carboxylic acids is 5. The highest BCUT2D eigenvalue weighted by Gasteiger charge is 2.22. The van der Waals surface area contributed by atoms with Gasteiger partial charge in [0.05, 0.1) is 37.6 Å². The van der Waals surface area contributed by atoms with Crippen LogP contribution >= 0.6 is 22.7 Å². The maximum Gasteiger partial charge on any atom is 0.287 e. The van der Waals surface area contributed by atoms with Crippen molar-refractivity contribution in [2.45, 2.75) is 40.8 Å². The van der Waals surface area contributed by atoms with Crippen LogP contribution in [0.2, 0.25) is 0 Å². The molecule has 59 heavy (non-hydrogen) atoms. The zero-order valence-electron chi connectivity index (χ0n) is 31.6. The Morgan fingerprint density at radius 2 is 1.17 bits per heavy atom. The quantitative estimate of drug-likeness (QED) is 0.0502. The van der Waals surface area contributed by atoms with Gasteiger partial charge in [0, 0.05) is 13.1 Å². The average Bonchev–Trinajstić information content (AvgIpc) is 3.74. The zero-order valence-corrected chi connectivity index (χ0v) is 33.2. The van der Waals surface area contributed by atoms with Crippen molar-refractivity contribution < 1.29 is 38.7 Å². The number of rotatable bonds is 8. The molecular formula is C38H33N9O10S2. The van der Waals surface area contributed by atoms with Gasteiger partial charge in [0.1, 0.15) is 21.2 Å². The summed E-state index contributed by atoms with van der Waals surface area (Å²) in [4.78, 5) is 99.7. The van der Waals surface area contributed by atoms with E-state index in [0.29, 0.717) is 69.9 Å². The maximum atomic E-state index is 12.5. The van der Waals surface area contributed by atoms with E-state index in [1.807, 2.05) is 0 Å². The molecule has 4 aromatic heterocycles. The fraction of sp³-hybridized carbons (Fsp3) is 0.211. The van der Waals surface area contributed by atoms with Crippen LogP contribution < -0.4 is 41.9 Å². The molecule has 0 spiro atoms. The number of benzene rings is 2. The number of Topliss-reactive ketones (excluding diaryl/α,β-unsaturated/α-hetero) is 1. The van der Waals surface area contributed by atoms with E-state index in [4.69, 9.17) is 14.7 Å². The molecule has 0 atom stereocenters. The molecule has 0 aliphatic carbocycles. The van der Waals surface area contributed by atoms with Gasteiger partial charge in [0.2, 0.25) is 11.6 Å². The fourth-order valence-electron chi connectivity index (χ4n) is 6.24. The number of ketones is 1. The van der Waals surface area contributed by atoms with E-state index in [1.54, 1.807) is 57.2 Å².